The topological polar surface area (TPSA) is 17.1 Å². The zero-order chi connectivity index (χ0) is 2.00. The molecule has 0 aromatic heterocycles. The molecule has 1 radical (unpaired) electrons. The summed E-state index contributed by atoms with van der Waals surface area (Å²) in [5.41, 5.74) is 0. The molecule has 0 aromatic carbocycles. The van der Waals surface area contributed by atoms with Gasteiger partial charge < -0.3 is 0 Å². The van der Waals surface area contributed by atoms with Gasteiger partial charge >= 0.3 is 44.2 Å². The van der Waals surface area contributed by atoms with E-state index in [1.54, 1.807) is 15.9 Å². The average Bonchev–Trinajstić information content (AvgIpc) is 1.00. The fraction of sp³-hybridized carbons (Fsp3) is 0. The summed E-state index contributed by atoms with van der Waals surface area (Å²) in [5.74, 6) is 0. The predicted molar refractivity (Wildman–Crippen MR) is 10.6 cm³/mol. The molecule has 0 aromatic rings. The Labute approximate surface area is 78.4 Å². The van der Waals surface area contributed by atoms with E-state index in [1.165, 1.54) is 0 Å². The van der Waals surface area contributed by atoms with Gasteiger partial charge in [-0.3, -0.25) is 0 Å². The van der Waals surface area contributed by atoms with Crippen LogP contribution in [0.25, 0.3) is 0 Å². The molecule has 0 aliphatic heterocycles. The van der Waals surface area contributed by atoms with Crippen molar-refractivity contribution in [3.63, 3.8) is 0 Å². The van der Waals surface area contributed by atoms with E-state index in [-0.39, 0.29) is 60.0 Å². The summed E-state index contributed by atoms with van der Waals surface area (Å²) < 4.78 is 8.06. The van der Waals surface area contributed by atoms with Crippen molar-refractivity contribution in [2.24, 2.45) is 0 Å². The molecule has 0 bridgehead atoms. The van der Waals surface area contributed by atoms with Gasteiger partial charge in [0.1, 0.15) is 0 Å². The van der Waals surface area contributed by atoms with Gasteiger partial charge in [-0.25, -0.2) is 0 Å². The van der Waals surface area contributed by atoms with Gasteiger partial charge in [0, 0.05) is 35.6 Å². The molecule has 0 heterocycles. The Morgan fingerprint density at radius 2 is 1.25 bits per heavy atom. The van der Waals surface area contributed by atoms with E-state index in [2.05, 4.69) is 0 Å². The first-order chi connectivity index (χ1) is 1.00. The second-order valence-corrected chi connectivity index (χ2v) is 0. The van der Waals surface area contributed by atoms with Crippen molar-refractivity contribution in [3.05, 3.63) is 0 Å². The molecule has 0 N–H and O–H groups in total. The Bertz CT molecular complexity index is 8.00. The standard InChI is InChI=1S/La.Mn.O.Sb.3H. The zero-order valence-corrected chi connectivity index (χ0v) is 10.9. The second kappa shape index (κ2) is 18.4. The van der Waals surface area contributed by atoms with Crippen LogP contribution in [0.2, 0.25) is 0 Å². The van der Waals surface area contributed by atoms with Crippen LogP contribution in [0.5, 0.6) is 0 Å². The third-order valence-electron chi connectivity index (χ3n) is 0. The molecule has 0 saturated carbocycles. The SMILES string of the molecule is [La].[O]=[Mn].[SbH3]. The van der Waals surface area contributed by atoms with Gasteiger partial charge in [-0.15, -0.1) is 0 Å². The van der Waals surface area contributed by atoms with Gasteiger partial charge in [0.2, 0.25) is 0 Å². The normalized spacial score (nSPS) is 1.00. The Morgan fingerprint density at radius 3 is 1.25 bits per heavy atom. The molecule has 0 saturated heterocycles. The molecule has 0 rings (SSSR count). The van der Waals surface area contributed by atoms with Crippen molar-refractivity contribution in [2.75, 3.05) is 0 Å². The Balaban J connectivity index is -0.00000000500. The zero-order valence-electron chi connectivity index (χ0n) is 2.07. The summed E-state index contributed by atoms with van der Waals surface area (Å²) in [6.45, 7) is 0. The van der Waals surface area contributed by atoms with Crippen LogP contribution in [0, 0.1) is 35.6 Å². The Kier molecular flexibility index (Phi) is 74.6. The monoisotopic (exact) mass is 334 g/mol. The van der Waals surface area contributed by atoms with E-state index in [0.29, 0.717) is 0 Å². The van der Waals surface area contributed by atoms with Gasteiger partial charge in [-0.1, -0.05) is 0 Å². The predicted octanol–water partition coefficient (Wildman–Crippen LogP) is -1.31. The van der Waals surface area contributed by atoms with Gasteiger partial charge in [0.25, 0.3) is 0 Å². The van der Waals surface area contributed by atoms with Crippen LogP contribution in [-0.4, -0.2) is 24.4 Å². The van der Waals surface area contributed by atoms with E-state index in [0.717, 1.165) is 0 Å². The van der Waals surface area contributed by atoms with Crippen LogP contribution in [-0.2, 0) is 19.8 Å². The van der Waals surface area contributed by atoms with Crippen LogP contribution >= 0.6 is 0 Å². The van der Waals surface area contributed by atoms with Crippen molar-refractivity contribution in [1.82, 2.24) is 0 Å². The first-order valence-electron chi connectivity index (χ1n) is 0.154. The second-order valence-electron chi connectivity index (χ2n) is 0. The van der Waals surface area contributed by atoms with E-state index >= 15 is 0 Å². The maximum atomic E-state index is 8.06. The molecule has 0 unspecified atom stereocenters. The molecule has 24 valence electrons. The average molecular weight is 335 g/mol. The van der Waals surface area contributed by atoms with Crippen molar-refractivity contribution < 1.29 is 55.4 Å². The minimum absolute atomic E-state index is 0. The molecule has 4 heteroatoms. The van der Waals surface area contributed by atoms with Crippen molar-refractivity contribution in [2.45, 2.75) is 0 Å². The van der Waals surface area contributed by atoms with Crippen molar-refractivity contribution >= 4 is 24.4 Å². The van der Waals surface area contributed by atoms with E-state index in [1.807, 2.05) is 0 Å². The molecule has 0 amide bonds. The third-order valence-corrected chi connectivity index (χ3v) is 0. The Morgan fingerprint density at radius 1 is 1.25 bits per heavy atom. The first-order valence-corrected chi connectivity index (χ1v) is 0.636. The van der Waals surface area contributed by atoms with Crippen LogP contribution in [0.4, 0.5) is 0 Å². The van der Waals surface area contributed by atoms with E-state index in [9.17, 15) is 0 Å². The van der Waals surface area contributed by atoms with Crippen LogP contribution in [0.15, 0.2) is 0 Å². The fourth-order valence-electron chi connectivity index (χ4n) is 0. The summed E-state index contributed by atoms with van der Waals surface area (Å²) in [5, 5.41) is 0. The molecule has 1 nitrogen and oxygen atoms in total. The summed E-state index contributed by atoms with van der Waals surface area (Å²) >= 11 is 1.69. The summed E-state index contributed by atoms with van der Waals surface area (Å²) in [4.78, 5) is 0. The summed E-state index contributed by atoms with van der Waals surface area (Å²) in [6, 6.07) is 0. The minimum atomic E-state index is 0. The van der Waals surface area contributed by atoms with E-state index in [4.69, 9.17) is 3.83 Å². The third kappa shape index (κ3) is 8.84. The molecule has 0 aliphatic rings. The quantitative estimate of drug-likeness (QED) is 0.503. The van der Waals surface area contributed by atoms with Gasteiger partial charge in [-0.2, -0.15) is 0 Å². The van der Waals surface area contributed by atoms with Crippen LogP contribution in [0.1, 0.15) is 0 Å². The molecule has 0 fully saturated rings. The molecular formula is H3LaMnOSb. The van der Waals surface area contributed by atoms with Crippen LogP contribution in [0.3, 0.4) is 0 Å². The molecule has 0 atom stereocenters. The number of hydrogen-bond donors (Lipinski definition) is 0. The Hall–Kier alpha value is 2.33. The van der Waals surface area contributed by atoms with Gasteiger partial charge in [-0.05, 0) is 0 Å². The molecule has 4 heavy (non-hydrogen) atoms. The summed E-state index contributed by atoms with van der Waals surface area (Å²) in [6.07, 6.45) is 0. The molecule has 0 spiro atoms. The number of rotatable bonds is 0. The molecular weight excluding hydrogens is 332 g/mol. The van der Waals surface area contributed by atoms with Gasteiger partial charge in [0.15, 0.2) is 0 Å². The molecule has 0 aliphatic carbocycles. The number of hydrogen-bond acceptors (Lipinski definition) is 1. The summed E-state index contributed by atoms with van der Waals surface area (Å²) in [7, 11) is 0. The van der Waals surface area contributed by atoms with Crippen molar-refractivity contribution in [1.29, 1.82) is 0 Å². The first kappa shape index (κ1) is 16.2. The van der Waals surface area contributed by atoms with Gasteiger partial charge in [0.05, 0.1) is 0 Å². The fourth-order valence-corrected chi connectivity index (χ4v) is 0. The van der Waals surface area contributed by atoms with E-state index < -0.39 is 0 Å². The van der Waals surface area contributed by atoms with Crippen LogP contribution < -0.4 is 0 Å². The maximum absolute atomic E-state index is 8.06. The van der Waals surface area contributed by atoms with Crippen molar-refractivity contribution in [3.8, 4) is 0 Å².